The van der Waals surface area contributed by atoms with Crippen molar-refractivity contribution >= 4 is 16.7 Å². The van der Waals surface area contributed by atoms with Crippen molar-refractivity contribution in [1.82, 2.24) is 20.3 Å². The van der Waals surface area contributed by atoms with Gasteiger partial charge in [0.15, 0.2) is 5.82 Å². The summed E-state index contributed by atoms with van der Waals surface area (Å²) in [6.07, 6.45) is 2.81. The van der Waals surface area contributed by atoms with E-state index in [2.05, 4.69) is 20.6 Å². The average Bonchev–Trinajstić information content (AvgIpc) is 3.28. The van der Waals surface area contributed by atoms with Crippen LogP contribution in [0.1, 0.15) is 6.42 Å². The van der Waals surface area contributed by atoms with Gasteiger partial charge in [-0.15, -0.1) is 0 Å². The number of fused-ring (bicyclic) bond motifs is 3. The van der Waals surface area contributed by atoms with Crippen molar-refractivity contribution in [2.24, 2.45) is 0 Å². The number of nitrogens with one attached hydrogen (secondary N) is 2. The molecule has 2 saturated heterocycles. The highest BCUT2D eigenvalue weighted by Gasteiger charge is 2.46. The maximum Gasteiger partial charge on any atom is 0.180 e. The third-order valence-electron chi connectivity index (χ3n) is 5.00. The molecule has 2 N–H and O–H groups in total. The van der Waals surface area contributed by atoms with Crippen LogP contribution >= 0.6 is 0 Å². The fourth-order valence-corrected chi connectivity index (χ4v) is 3.68. The molecule has 0 saturated carbocycles. The summed E-state index contributed by atoms with van der Waals surface area (Å²) >= 11 is 0. The quantitative estimate of drug-likeness (QED) is 0.763. The summed E-state index contributed by atoms with van der Waals surface area (Å²) in [5.41, 5.74) is 1.56. The van der Waals surface area contributed by atoms with Crippen LogP contribution < -0.4 is 10.6 Å². The fraction of sp³-hybridized carbons (Fsp3) is 0.316. The molecule has 0 aliphatic carbocycles. The van der Waals surface area contributed by atoms with Gasteiger partial charge in [-0.05, 0) is 30.7 Å². The molecule has 5 rings (SSSR count). The highest BCUT2D eigenvalue weighted by atomic mass is 16.5. The van der Waals surface area contributed by atoms with E-state index in [-0.39, 0.29) is 5.60 Å². The molecule has 0 amide bonds. The molecule has 2 bridgehead atoms. The number of para-hydroxylation sites is 1. The smallest absolute Gasteiger partial charge is 0.180 e. The molecular formula is C19H19N5O. The maximum atomic E-state index is 6.01. The first-order valence-corrected chi connectivity index (χ1v) is 8.61. The van der Waals surface area contributed by atoms with E-state index in [0.717, 1.165) is 48.5 Å². The van der Waals surface area contributed by atoms with Crippen molar-refractivity contribution in [2.45, 2.75) is 18.1 Å². The Bertz CT molecular complexity index is 906. The first kappa shape index (κ1) is 14.7. The molecule has 6 heteroatoms. The molecule has 3 aromatic rings. The standard InChI is InChI=1S/C19H19N5O/c1-2-6-15-14(5-1)17(22-12-19-9-13(10-25-19)21-11-19)24-18(23-15)16-7-3-4-8-20-16/h1-8,13,21H,9-12H2,(H,22,23,24). The summed E-state index contributed by atoms with van der Waals surface area (Å²) in [6.45, 7) is 2.42. The van der Waals surface area contributed by atoms with Crippen LogP contribution in [-0.2, 0) is 4.74 Å². The molecule has 25 heavy (non-hydrogen) atoms. The molecule has 2 aliphatic heterocycles. The third-order valence-corrected chi connectivity index (χ3v) is 5.00. The number of hydrogen-bond donors (Lipinski definition) is 2. The van der Waals surface area contributed by atoms with Crippen molar-refractivity contribution in [3.8, 4) is 11.5 Å². The van der Waals surface area contributed by atoms with Crippen molar-refractivity contribution in [1.29, 1.82) is 0 Å². The Morgan fingerprint density at radius 2 is 2.08 bits per heavy atom. The van der Waals surface area contributed by atoms with Gasteiger partial charge in [0, 0.05) is 30.7 Å². The lowest BCUT2D eigenvalue weighted by Gasteiger charge is -2.27. The Morgan fingerprint density at radius 3 is 2.84 bits per heavy atom. The Hall–Kier alpha value is -2.57. The van der Waals surface area contributed by atoms with Crippen LogP contribution in [0.2, 0.25) is 0 Å². The molecule has 2 atom stereocenters. The van der Waals surface area contributed by atoms with Crippen LogP contribution in [0.15, 0.2) is 48.7 Å². The number of morpholine rings is 1. The predicted octanol–water partition coefficient (Wildman–Crippen LogP) is 2.23. The number of rotatable bonds is 4. The van der Waals surface area contributed by atoms with Crippen LogP contribution in [0.5, 0.6) is 0 Å². The Labute approximate surface area is 145 Å². The molecule has 1 aromatic carbocycles. The zero-order chi connectivity index (χ0) is 16.7. The van der Waals surface area contributed by atoms with E-state index in [1.54, 1.807) is 6.20 Å². The zero-order valence-corrected chi connectivity index (χ0v) is 13.8. The number of hydrogen-bond acceptors (Lipinski definition) is 6. The minimum Gasteiger partial charge on any atom is -0.370 e. The zero-order valence-electron chi connectivity index (χ0n) is 13.8. The first-order valence-electron chi connectivity index (χ1n) is 8.61. The predicted molar refractivity (Wildman–Crippen MR) is 96.3 cm³/mol. The maximum absolute atomic E-state index is 6.01. The summed E-state index contributed by atoms with van der Waals surface area (Å²) < 4.78 is 6.01. The van der Waals surface area contributed by atoms with Gasteiger partial charge < -0.3 is 15.4 Å². The van der Waals surface area contributed by atoms with E-state index in [9.17, 15) is 0 Å². The molecule has 2 aliphatic rings. The topological polar surface area (TPSA) is 72.0 Å². The monoisotopic (exact) mass is 333 g/mol. The number of anilines is 1. The first-order chi connectivity index (χ1) is 12.3. The Balaban J connectivity index is 1.52. The van der Waals surface area contributed by atoms with Crippen molar-refractivity contribution in [3.05, 3.63) is 48.7 Å². The van der Waals surface area contributed by atoms with Crippen molar-refractivity contribution in [3.63, 3.8) is 0 Å². The van der Waals surface area contributed by atoms with E-state index in [1.807, 2.05) is 42.5 Å². The number of pyridine rings is 1. The van der Waals surface area contributed by atoms with Crippen LogP contribution in [-0.4, -0.2) is 46.3 Å². The molecule has 2 fully saturated rings. The van der Waals surface area contributed by atoms with Gasteiger partial charge in [-0.3, -0.25) is 4.98 Å². The van der Waals surface area contributed by atoms with Crippen LogP contribution in [0.25, 0.3) is 22.4 Å². The van der Waals surface area contributed by atoms with Gasteiger partial charge in [0.2, 0.25) is 0 Å². The average molecular weight is 333 g/mol. The second-order valence-corrected chi connectivity index (χ2v) is 6.76. The Morgan fingerprint density at radius 1 is 1.16 bits per heavy atom. The molecule has 0 radical (unpaired) electrons. The van der Waals surface area contributed by atoms with E-state index in [4.69, 9.17) is 9.72 Å². The molecule has 2 unspecified atom stereocenters. The van der Waals surface area contributed by atoms with Crippen LogP contribution in [0.3, 0.4) is 0 Å². The van der Waals surface area contributed by atoms with Crippen LogP contribution in [0, 0.1) is 0 Å². The molecule has 2 aromatic heterocycles. The summed E-state index contributed by atoms with van der Waals surface area (Å²) in [5, 5.41) is 8.03. The lowest BCUT2D eigenvalue weighted by atomic mass is 10.0. The molecule has 0 spiro atoms. The number of nitrogens with zero attached hydrogens (tertiary/aromatic N) is 3. The minimum absolute atomic E-state index is 0.123. The molecule has 6 nitrogen and oxygen atoms in total. The van der Waals surface area contributed by atoms with E-state index in [0.29, 0.717) is 11.9 Å². The largest absolute Gasteiger partial charge is 0.370 e. The fourth-order valence-electron chi connectivity index (χ4n) is 3.68. The highest BCUT2D eigenvalue weighted by Crippen LogP contribution is 2.32. The normalized spacial score (nSPS) is 24.7. The molecule has 4 heterocycles. The summed E-state index contributed by atoms with van der Waals surface area (Å²) in [4.78, 5) is 13.8. The van der Waals surface area contributed by atoms with Crippen molar-refractivity contribution < 1.29 is 4.74 Å². The highest BCUT2D eigenvalue weighted by molar-refractivity contribution is 5.90. The molecule has 126 valence electrons. The second kappa shape index (κ2) is 5.75. The van der Waals surface area contributed by atoms with Gasteiger partial charge in [-0.2, -0.15) is 0 Å². The Kier molecular flexibility index (Phi) is 3.39. The summed E-state index contributed by atoms with van der Waals surface area (Å²) in [7, 11) is 0. The summed E-state index contributed by atoms with van der Waals surface area (Å²) in [5.74, 6) is 1.47. The SMILES string of the molecule is c1ccc(-c2nc(NCC34CNC(CO3)C4)c3ccccc3n2)nc1. The molecular weight excluding hydrogens is 314 g/mol. The third kappa shape index (κ3) is 2.63. The minimum atomic E-state index is -0.123. The van der Waals surface area contributed by atoms with Crippen molar-refractivity contribution in [2.75, 3.05) is 25.0 Å². The van der Waals surface area contributed by atoms with Crippen LogP contribution in [0.4, 0.5) is 5.82 Å². The number of aromatic nitrogens is 3. The van der Waals surface area contributed by atoms with Gasteiger partial charge in [0.05, 0.1) is 17.7 Å². The van der Waals surface area contributed by atoms with Gasteiger partial charge in [-0.25, -0.2) is 9.97 Å². The van der Waals surface area contributed by atoms with E-state index >= 15 is 0 Å². The lowest BCUT2D eigenvalue weighted by Crippen LogP contribution is -2.44. The second-order valence-electron chi connectivity index (χ2n) is 6.76. The van der Waals surface area contributed by atoms with E-state index < -0.39 is 0 Å². The van der Waals surface area contributed by atoms with Gasteiger partial charge in [0.1, 0.15) is 11.5 Å². The lowest BCUT2D eigenvalue weighted by molar-refractivity contribution is 0.00451. The number of benzene rings is 1. The van der Waals surface area contributed by atoms with Gasteiger partial charge >= 0.3 is 0 Å². The summed E-state index contributed by atoms with van der Waals surface area (Å²) in [6, 6.07) is 14.3. The van der Waals surface area contributed by atoms with E-state index in [1.165, 1.54) is 0 Å². The van der Waals surface area contributed by atoms with Gasteiger partial charge in [0.25, 0.3) is 0 Å². The number of ether oxygens (including phenoxy) is 1. The van der Waals surface area contributed by atoms with Gasteiger partial charge in [-0.1, -0.05) is 18.2 Å².